The fraction of sp³-hybridized carbons (Fsp3) is 0.346. The number of pyridine rings is 1. The molecule has 0 bridgehead atoms. The molecule has 2 aliphatic heterocycles. The van der Waals surface area contributed by atoms with Crippen LogP contribution in [0.4, 0.5) is 13.2 Å². The highest BCUT2D eigenvalue weighted by Crippen LogP contribution is 2.40. The average molecular weight is 499 g/mol. The van der Waals surface area contributed by atoms with Gasteiger partial charge in [-0.25, -0.2) is 4.98 Å². The van der Waals surface area contributed by atoms with E-state index in [9.17, 15) is 22.8 Å². The molecule has 7 nitrogen and oxygen atoms in total. The molecular formula is C26H25F3N4O3. The number of aryl methyl sites for hydroxylation is 1. The lowest BCUT2D eigenvalue weighted by molar-refractivity contribution is -0.137. The van der Waals surface area contributed by atoms with Gasteiger partial charge in [0.15, 0.2) is 0 Å². The van der Waals surface area contributed by atoms with Crippen molar-refractivity contribution in [2.75, 3.05) is 6.54 Å². The van der Waals surface area contributed by atoms with Gasteiger partial charge in [-0.2, -0.15) is 13.2 Å². The smallest absolute Gasteiger partial charge is 0.416 e. The van der Waals surface area contributed by atoms with Crippen LogP contribution in [0.5, 0.6) is 5.75 Å². The van der Waals surface area contributed by atoms with E-state index in [4.69, 9.17) is 4.74 Å². The second-order valence-electron chi connectivity index (χ2n) is 9.81. The maximum atomic E-state index is 13.5. The fourth-order valence-electron chi connectivity index (χ4n) is 4.79. The minimum atomic E-state index is -4.51. The van der Waals surface area contributed by atoms with Crippen molar-refractivity contribution >= 4 is 11.5 Å². The number of fused-ring (bicyclic) bond motifs is 2. The number of imidazole rings is 1. The van der Waals surface area contributed by atoms with Crippen LogP contribution in [-0.4, -0.2) is 43.1 Å². The second-order valence-corrected chi connectivity index (χ2v) is 9.81. The van der Waals surface area contributed by atoms with Gasteiger partial charge in [-0.1, -0.05) is 0 Å². The molecule has 4 heterocycles. The number of nitrogens with zero attached hydrogens (tertiary/aromatic N) is 4. The summed E-state index contributed by atoms with van der Waals surface area (Å²) in [5, 5.41) is 0. The highest BCUT2D eigenvalue weighted by atomic mass is 19.4. The zero-order chi connectivity index (χ0) is 26.0. The van der Waals surface area contributed by atoms with E-state index in [1.54, 1.807) is 40.2 Å². The summed E-state index contributed by atoms with van der Waals surface area (Å²) in [6.45, 7) is 7.59. The standard InChI is InChI=1S/C26H25F3N4O3/c1-15-11-31(14-30-15)20-6-7-21-24(35)32(16(2)12-33(21)23(20)34)13-17-10-25(3,4)36-22-8-5-18(9-19(17)22)26(27,28)29/h5-11,14,16H,12-13H2,1-4H3/t16-/m0/s1. The molecule has 0 radical (unpaired) electrons. The molecule has 0 saturated carbocycles. The number of aromatic nitrogens is 3. The van der Waals surface area contributed by atoms with Crippen LogP contribution in [0.15, 0.2) is 53.7 Å². The number of hydrogen-bond acceptors (Lipinski definition) is 4. The lowest BCUT2D eigenvalue weighted by atomic mass is 9.92. The van der Waals surface area contributed by atoms with Gasteiger partial charge in [0, 0.05) is 30.9 Å². The first-order valence-corrected chi connectivity index (χ1v) is 11.5. The molecule has 2 aromatic heterocycles. The third-order valence-electron chi connectivity index (χ3n) is 6.49. The first kappa shape index (κ1) is 23.9. The monoisotopic (exact) mass is 498 g/mol. The molecule has 36 heavy (non-hydrogen) atoms. The summed E-state index contributed by atoms with van der Waals surface area (Å²) in [4.78, 5) is 32.5. The third kappa shape index (κ3) is 4.10. The fourth-order valence-corrected chi connectivity index (χ4v) is 4.79. The quantitative estimate of drug-likeness (QED) is 0.535. The van der Waals surface area contributed by atoms with Crippen molar-refractivity contribution in [1.82, 2.24) is 19.0 Å². The highest BCUT2D eigenvalue weighted by molar-refractivity contribution is 5.95. The molecule has 5 rings (SSSR count). The zero-order valence-electron chi connectivity index (χ0n) is 20.3. The number of carbonyl (C=O) groups excluding carboxylic acids is 1. The molecule has 2 aliphatic rings. The van der Waals surface area contributed by atoms with Crippen molar-refractivity contribution in [2.45, 2.75) is 52.1 Å². The van der Waals surface area contributed by atoms with Gasteiger partial charge in [-0.3, -0.25) is 9.59 Å². The van der Waals surface area contributed by atoms with Crippen LogP contribution in [0.2, 0.25) is 0 Å². The van der Waals surface area contributed by atoms with Gasteiger partial charge >= 0.3 is 6.18 Å². The van der Waals surface area contributed by atoms with E-state index in [2.05, 4.69) is 4.98 Å². The molecule has 1 amide bonds. The molecule has 0 unspecified atom stereocenters. The molecule has 0 N–H and O–H groups in total. The molecule has 1 aromatic carbocycles. The number of amides is 1. The zero-order valence-corrected chi connectivity index (χ0v) is 20.3. The maximum Gasteiger partial charge on any atom is 0.416 e. The van der Waals surface area contributed by atoms with Crippen molar-refractivity contribution in [3.63, 3.8) is 0 Å². The third-order valence-corrected chi connectivity index (χ3v) is 6.49. The van der Waals surface area contributed by atoms with E-state index < -0.39 is 17.3 Å². The van der Waals surface area contributed by atoms with Gasteiger partial charge in [0.05, 0.1) is 17.6 Å². The van der Waals surface area contributed by atoms with Crippen molar-refractivity contribution in [3.05, 3.63) is 81.8 Å². The van der Waals surface area contributed by atoms with Gasteiger partial charge in [0.1, 0.15) is 22.7 Å². The van der Waals surface area contributed by atoms with Crippen LogP contribution in [0.25, 0.3) is 11.3 Å². The summed E-state index contributed by atoms with van der Waals surface area (Å²) in [6, 6.07) is 6.20. The van der Waals surface area contributed by atoms with E-state index >= 15 is 0 Å². The van der Waals surface area contributed by atoms with Crippen LogP contribution in [0.3, 0.4) is 0 Å². The molecule has 0 spiro atoms. The number of ether oxygens (including phenoxy) is 1. The Bertz CT molecular complexity index is 1470. The van der Waals surface area contributed by atoms with Gasteiger partial charge in [-0.15, -0.1) is 0 Å². The van der Waals surface area contributed by atoms with Gasteiger partial charge < -0.3 is 18.8 Å². The SMILES string of the molecule is Cc1cn(-c2ccc3n(c2=O)C[C@H](C)N(CC2=CC(C)(C)Oc4ccc(C(F)(F)F)cc42)C3=O)cn1. The first-order chi connectivity index (χ1) is 16.8. The Morgan fingerprint density at radius 3 is 2.58 bits per heavy atom. The molecule has 1 atom stereocenters. The highest BCUT2D eigenvalue weighted by Gasteiger charge is 2.37. The molecular weight excluding hydrogens is 473 g/mol. The average Bonchev–Trinajstić information content (AvgIpc) is 3.21. The number of rotatable bonds is 3. The van der Waals surface area contributed by atoms with Gasteiger partial charge in [0.25, 0.3) is 11.5 Å². The Hall–Kier alpha value is -3.82. The Morgan fingerprint density at radius 2 is 1.92 bits per heavy atom. The van der Waals surface area contributed by atoms with E-state index in [1.807, 2.05) is 27.7 Å². The molecule has 10 heteroatoms. The molecule has 0 saturated heterocycles. The van der Waals surface area contributed by atoms with E-state index in [0.717, 1.165) is 17.8 Å². The number of halogens is 3. The molecule has 0 fully saturated rings. The van der Waals surface area contributed by atoms with Crippen molar-refractivity contribution in [2.24, 2.45) is 0 Å². The van der Waals surface area contributed by atoms with Crippen molar-refractivity contribution in [3.8, 4) is 11.4 Å². The minimum absolute atomic E-state index is 0.0811. The maximum absolute atomic E-state index is 13.5. The van der Waals surface area contributed by atoms with Crippen LogP contribution in [0, 0.1) is 6.92 Å². The van der Waals surface area contributed by atoms with Gasteiger partial charge in [0.2, 0.25) is 0 Å². The summed E-state index contributed by atoms with van der Waals surface area (Å²) in [5.74, 6) is -0.0302. The molecule has 188 valence electrons. The van der Waals surface area contributed by atoms with Crippen LogP contribution >= 0.6 is 0 Å². The lowest BCUT2D eigenvalue weighted by Crippen LogP contribution is -2.50. The van der Waals surface area contributed by atoms with Gasteiger partial charge in [-0.05, 0) is 69.7 Å². The van der Waals surface area contributed by atoms with Crippen molar-refractivity contribution < 1.29 is 22.7 Å². The first-order valence-electron chi connectivity index (χ1n) is 11.5. The Morgan fingerprint density at radius 1 is 1.17 bits per heavy atom. The van der Waals surface area contributed by atoms with E-state index in [1.165, 1.54) is 10.6 Å². The van der Waals surface area contributed by atoms with E-state index in [-0.39, 0.29) is 36.3 Å². The Balaban J connectivity index is 1.51. The normalized spacial score (nSPS) is 18.9. The lowest BCUT2D eigenvalue weighted by Gasteiger charge is -2.38. The summed E-state index contributed by atoms with van der Waals surface area (Å²) in [7, 11) is 0. The van der Waals surface area contributed by atoms with Crippen LogP contribution < -0.4 is 10.3 Å². The van der Waals surface area contributed by atoms with Crippen LogP contribution in [0.1, 0.15) is 48.1 Å². The topological polar surface area (TPSA) is 69.4 Å². The van der Waals surface area contributed by atoms with Crippen molar-refractivity contribution in [1.29, 1.82) is 0 Å². The minimum Gasteiger partial charge on any atom is -0.483 e. The molecule has 0 aliphatic carbocycles. The number of carbonyl (C=O) groups is 1. The predicted octanol–water partition coefficient (Wildman–Crippen LogP) is 4.46. The number of benzene rings is 1. The second kappa shape index (κ2) is 8.11. The largest absolute Gasteiger partial charge is 0.483 e. The molecule has 3 aromatic rings. The Labute approximate surface area is 205 Å². The number of alkyl halides is 3. The summed E-state index contributed by atoms with van der Waals surface area (Å²) in [6.07, 6.45) is 0.524. The predicted molar refractivity (Wildman–Crippen MR) is 127 cm³/mol. The summed E-state index contributed by atoms with van der Waals surface area (Å²) < 4.78 is 49.2. The Kier molecular flexibility index (Phi) is 5.38. The van der Waals surface area contributed by atoms with Crippen LogP contribution in [-0.2, 0) is 12.7 Å². The van der Waals surface area contributed by atoms with E-state index in [0.29, 0.717) is 22.6 Å². The number of hydrogen-bond donors (Lipinski definition) is 0. The summed E-state index contributed by atoms with van der Waals surface area (Å²) in [5.41, 5.74) is 0.381. The summed E-state index contributed by atoms with van der Waals surface area (Å²) >= 11 is 0.